The molecule has 1 atom stereocenters. The maximum Gasteiger partial charge on any atom is 0.204 e. The average molecular weight is 237 g/mol. The molecular formula is C9H18ClN2OP. The minimum Gasteiger partial charge on any atom is -0.347 e. The Morgan fingerprint density at radius 3 is 2.36 bits per heavy atom. The second-order valence-corrected chi connectivity index (χ2v) is 5.97. The quantitative estimate of drug-likeness (QED) is 0.746. The van der Waals surface area contributed by atoms with E-state index in [1.807, 2.05) is 32.4 Å². The zero-order chi connectivity index (χ0) is 11.4. The molecule has 0 aromatic heterocycles. The lowest BCUT2D eigenvalue weighted by atomic mass is 9.98. The Bertz CT molecular complexity index is 205. The molecule has 14 heavy (non-hydrogen) atoms. The van der Waals surface area contributed by atoms with Crippen LogP contribution >= 0.6 is 18.9 Å². The van der Waals surface area contributed by atoms with Crippen LogP contribution in [0.3, 0.4) is 0 Å². The lowest BCUT2D eigenvalue weighted by Gasteiger charge is -2.41. The summed E-state index contributed by atoms with van der Waals surface area (Å²) in [6, 6.07) is 2.29. The summed E-state index contributed by atoms with van der Waals surface area (Å²) >= 11 is 5.77. The van der Waals surface area contributed by atoms with Gasteiger partial charge in [0.1, 0.15) is 0 Å². The Morgan fingerprint density at radius 2 is 2.07 bits per heavy atom. The molecule has 0 aromatic carbocycles. The van der Waals surface area contributed by atoms with E-state index in [2.05, 4.69) is 6.07 Å². The van der Waals surface area contributed by atoms with Gasteiger partial charge in [-0.05, 0) is 45.4 Å². The summed E-state index contributed by atoms with van der Waals surface area (Å²) in [6.45, 7) is 7.97. The summed E-state index contributed by atoms with van der Waals surface area (Å²) in [5.41, 5.74) is -0.230. The topological polar surface area (TPSA) is 47.3 Å². The zero-order valence-corrected chi connectivity index (χ0v) is 10.8. The molecule has 0 amide bonds. The molecule has 0 rings (SSSR count). The summed E-state index contributed by atoms with van der Waals surface area (Å²) < 4.78 is 1.86. The molecule has 0 saturated carbocycles. The van der Waals surface area contributed by atoms with Crippen molar-refractivity contribution in [2.45, 2.75) is 52.1 Å². The van der Waals surface area contributed by atoms with Gasteiger partial charge < -0.3 is 4.89 Å². The van der Waals surface area contributed by atoms with E-state index in [9.17, 15) is 4.89 Å². The molecule has 0 saturated heterocycles. The molecule has 5 heteroatoms. The molecule has 0 radical (unpaired) electrons. The fourth-order valence-corrected chi connectivity index (χ4v) is 3.65. The van der Waals surface area contributed by atoms with Crippen LogP contribution in [0.5, 0.6) is 0 Å². The second-order valence-electron chi connectivity index (χ2n) is 4.15. The van der Waals surface area contributed by atoms with Gasteiger partial charge in [-0.25, -0.2) is 4.67 Å². The van der Waals surface area contributed by atoms with Crippen LogP contribution in [0, 0.1) is 11.3 Å². The van der Waals surface area contributed by atoms with Gasteiger partial charge >= 0.3 is 0 Å². The predicted molar refractivity (Wildman–Crippen MR) is 60.9 cm³/mol. The van der Waals surface area contributed by atoms with E-state index in [0.29, 0.717) is 12.8 Å². The Hall–Kier alpha value is 0.130. The maximum absolute atomic E-state index is 9.49. The zero-order valence-electron chi connectivity index (χ0n) is 9.16. The summed E-state index contributed by atoms with van der Waals surface area (Å²) in [5.74, 6) is 0. The van der Waals surface area contributed by atoms with Crippen LogP contribution in [-0.2, 0) is 0 Å². The number of nitriles is 1. The lowest BCUT2D eigenvalue weighted by Crippen LogP contribution is -2.43. The molecule has 82 valence electrons. The summed E-state index contributed by atoms with van der Waals surface area (Å²) in [4.78, 5) is 9.49. The SMILES string of the molecule is CC(C)N(P(O)Cl)C(C)(C)CCC#N. The van der Waals surface area contributed by atoms with E-state index in [1.54, 1.807) is 0 Å². The van der Waals surface area contributed by atoms with Crippen LogP contribution in [0.2, 0.25) is 0 Å². The van der Waals surface area contributed by atoms with Crippen LogP contribution in [0.15, 0.2) is 0 Å². The highest BCUT2D eigenvalue weighted by Crippen LogP contribution is 2.48. The van der Waals surface area contributed by atoms with E-state index in [0.717, 1.165) is 0 Å². The molecule has 0 aliphatic heterocycles. The first-order chi connectivity index (χ1) is 6.33. The first-order valence-electron chi connectivity index (χ1n) is 4.64. The Labute approximate surface area is 92.3 Å². The van der Waals surface area contributed by atoms with Gasteiger partial charge in [-0.15, -0.1) is 0 Å². The van der Waals surface area contributed by atoms with Crippen molar-refractivity contribution in [2.24, 2.45) is 0 Å². The summed E-state index contributed by atoms with van der Waals surface area (Å²) in [5, 5.41) is 8.53. The highest BCUT2D eigenvalue weighted by Gasteiger charge is 2.33. The van der Waals surface area contributed by atoms with E-state index >= 15 is 0 Å². The molecule has 0 bridgehead atoms. The highest BCUT2D eigenvalue weighted by atomic mass is 35.7. The molecule has 3 nitrogen and oxygen atoms in total. The molecule has 0 aromatic rings. The van der Waals surface area contributed by atoms with Gasteiger partial charge in [0.25, 0.3) is 0 Å². The van der Waals surface area contributed by atoms with Crippen LogP contribution in [-0.4, -0.2) is 21.1 Å². The molecule has 1 unspecified atom stereocenters. The van der Waals surface area contributed by atoms with Crippen molar-refractivity contribution in [3.8, 4) is 6.07 Å². The van der Waals surface area contributed by atoms with Gasteiger partial charge in [-0.2, -0.15) is 5.26 Å². The molecule has 0 aliphatic carbocycles. The monoisotopic (exact) mass is 236 g/mol. The number of halogens is 1. The molecule has 0 spiro atoms. The third kappa shape index (κ3) is 4.11. The Morgan fingerprint density at radius 1 is 1.57 bits per heavy atom. The van der Waals surface area contributed by atoms with Gasteiger partial charge in [0.05, 0.1) is 6.07 Å². The van der Waals surface area contributed by atoms with Crippen molar-refractivity contribution >= 4 is 18.9 Å². The average Bonchev–Trinajstić information content (AvgIpc) is 1.98. The third-order valence-corrected chi connectivity index (χ3v) is 3.98. The molecule has 0 aliphatic rings. The fraction of sp³-hybridized carbons (Fsp3) is 0.889. The summed E-state index contributed by atoms with van der Waals surface area (Å²) in [6.07, 6.45) is 1.20. The predicted octanol–water partition coefficient (Wildman–Crippen LogP) is 3.24. The van der Waals surface area contributed by atoms with Crippen molar-refractivity contribution in [1.29, 1.82) is 5.26 Å². The first-order valence-corrected chi connectivity index (χ1v) is 6.79. The van der Waals surface area contributed by atoms with Gasteiger partial charge in [0.15, 0.2) is 0 Å². The molecule has 0 heterocycles. The smallest absolute Gasteiger partial charge is 0.204 e. The normalized spacial score (nSPS) is 14.5. The van der Waals surface area contributed by atoms with Gasteiger partial charge in [0, 0.05) is 18.0 Å². The van der Waals surface area contributed by atoms with Crippen molar-refractivity contribution in [3.05, 3.63) is 0 Å². The molecular weight excluding hydrogens is 219 g/mol. The van der Waals surface area contributed by atoms with Crippen LogP contribution < -0.4 is 0 Å². The van der Waals surface area contributed by atoms with Gasteiger partial charge in [0.2, 0.25) is 7.65 Å². The van der Waals surface area contributed by atoms with Gasteiger partial charge in [-0.1, -0.05) is 0 Å². The van der Waals surface area contributed by atoms with E-state index in [4.69, 9.17) is 16.5 Å². The minimum atomic E-state index is -1.61. The minimum absolute atomic E-state index is 0.178. The van der Waals surface area contributed by atoms with E-state index in [-0.39, 0.29) is 11.6 Å². The van der Waals surface area contributed by atoms with Crippen molar-refractivity contribution in [3.63, 3.8) is 0 Å². The van der Waals surface area contributed by atoms with Crippen LogP contribution in [0.1, 0.15) is 40.5 Å². The maximum atomic E-state index is 9.49. The van der Waals surface area contributed by atoms with Crippen LogP contribution in [0.25, 0.3) is 0 Å². The third-order valence-electron chi connectivity index (χ3n) is 2.14. The van der Waals surface area contributed by atoms with E-state index < -0.39 is 7.65 Å². The largest absolute Gasteiger partial charge is 0.347 e. The number of rotatable bonds is 5. The van der Waals surface area contributed by atoms with E-state index in [1.165, 1.54) is 0 Å². The Balaban J connectivity index is 4.55. The van der Waals surface area contributed by atoms with Crippen molar-refractivity contribution in [2.75, 3.05) is 0 Å². The van der Waals surface area contributed by atoms with Crippen LogP contribution in [0.4, 0.5) is 0 Å². The lowest BCUT2D eigenvalue weighted by molar-refractivity contribution is 0.180. The number of hydrogen-bond donors (Lipinski definition) is 1. The number of hydrogen-bond acceptors (Lipinski definition) is 3. The molecule has 1 N–H and O–H groups in total. The standard InChI is InChI=1S/C9H18ClN2OP/c1-8(2)12(14(10)13)9(3,4)6-5-7-11/h8,13H,5-6H2,1-4H3. The second kappa shape index (κ2) is 5.88. The highest BCUT2D eigenvalue weighted by molar-refractivity contribution is 7.77. The van der Waals surface area contributed by atoms with Crippen molar-refractivity contribution in [1.82, 2.24) is 4.67 Å². The first kappa shape index (κ1) is 14.1. The number of nitrogens with zero attached hydrogens (tertiary/aromatic N) is 2. The summed E-state index contributed by atoms with van der Waals surface area (Å²) in [7, 11) is -1.61. The molecule has 0 fully saturated rings. The fourth-order valence-electron chi connectivity index (χ4n) is 1.59. The Kier molecular flexibility index (Phi) is 5.93. The van der Waals surface area contributed by atoms with Crippen molar-refractivity contribution < 1.29 is 4.89 Å². The van der Waals surface area contributed by atoms with Gasteiger partial charge in [-0.3, -0.25) is 0 Å².